The molecule has 0 bridgehead atoms. The lowest BCUT2D eigenvalue weighted by Gasteiger charge is -2.23. The normalized spacial score (nSPS) is 17.0. The summed E-state index contributed by atoms with van der Waals surface area (Å²) in [6.07, 6.45) is 6.09. The van der Waals surface area contributed by atoms with E-state index < -0.39 is 10.0 Å². The zero-order chi connectivity index (χ0) is 15.3. The molecule has 0 heterocycles. The second-order valence-electron chi connectivity index (χ2n) is 5.78. The molecule has 0 atom stereocenters. The van der Waals surface area contributed by atoms with Gasteiger partial charge in [-0.15, -0.1) is 0 Å². The van der Waals surface area contributed by atoms with Gasteiger partial charge in [-0.25, -0.2) is 13.1 Å². The molecule has 1 fully saturated rings. The van der Waals surface area contributed by atoms with E-state index in [1.807, 2.05) is 26.1 Å². The van der Waals surface area contributed by atoms with Gasteiger partial charge in [0, 0.05) is 12.6 Å². The highest BCUT2D eigenvalue weighted by atomic mass is 32.2. The first kappa shape index (κ1) is 16.5. The van der Waals surface area contributed by atoms with Crippen molar-refractivity contribution in [2.45, 2.75) is 62.9 Å². The van der Waals surface area contributed by atoms with E-state index >= 15 is 0 Å². The molecule has 0 aliphatic heterocycles. The average molecular weight is 310 g/mol. The maximum absolute atomic E-state index is 12.7. The molecule has 0 saturated heterocycles. The van der Waals surface area contributed by atoms with Gasteiger partial charge in [0.1, 0.15) is 0 Å². The Hall–Kier alpha value is -0.910. The van der Waals surface area contributed by atoms with E-state index in [9.17, 15) is 8.42 Å². The second-order valence-corrected chi connectivity index (χ2v) is 7.46. The molecule has 1 aliphatic carbocycles. The first-order valence-corrected chi connectivity index (χ1v) is 9.34. The number of hydrogen-bond acceptors (Lipinski definition) is 3. The van der Waals surface area contributed by atoms with Gasteiger partial charge in [-0.1, -0.05) is 38.3 Å². The van der Waals surface area contributed by atoms with Gasteiger partial charge >= 0.3 is 0 Å². The monoisotopic (exact) mass is 310 g/mol. The van der Waals surface area contributed by atoms with Crippen LogP contribution in [0.1, 0.15) is 50.2 Å². The van der Waals surface area contributed by atoms with Gasteiger partial charge in [0.25, 0.3) is 0 Å². The van der Waals surface area contributed by atoms with Crippen molar-refractivity contribution in [2.75, 3.05) is 7.05 Å². The van der Waals surface area contributed by atoms with E-state index in [-0.39, 0.29) is 6.04 Å². The van der Waals surface area contributed by atoms with Crippen LogP contribution < -0.4 is 10.0 Å². The van der Waals surface area contributed by atoms with E-state index in [1.54, 1.807) is 6.07 Å². The SMILES string of the molecule is CCc1ccc(CNC)cc1S(=O)(=O)NC1CCCCC1. The van der Waals surface area contributed by atoms with E-state index in [1.165, 1.54) is 6.42 Å². The third-order valence-corrected chi connectivity index (χ3v) is 5.71. The molecule has 1 aromatic carbocycles. The predicted octanol–water partition coefficient (Wildman–Crippen LogP) is 2.58. The number of nitrogens with one attached hydrogen (secondary N) is 2. The lowest BCUT2D eigenvalue weighted by Crippen LogP contribution is -2.36. The van der Waals surface area contributed by atoms with Crippen LogP contribution in [-0.4, -0.2) is 21.5 Å². The topological polar surface area (TPSA) is 58.2 Å². The summed E-state index contributed by atoms with van der Waals surface area (Å²) in [6, 6.07) is 5.83. The average Bonchev–Trinajstić information content (AvgIpc) is 2.48. The Bertz CT molecular complexity index is 564. The number of aryl methyl sites for hydroxylation is 1. The van der Waals surface area contributed by atoms with Crippen LogP contribution in [0, 0.1) is 0 Å². The summed E-state index contributed by atoms with van der Waals surface area (Å²) in [5, 5.41) is 3.07. The van der Waals surface area contributed by atoms with Crippen molar-refractivity contribution in [3.63, 3.8) is 0 Å². The molecule has 0 amide bonds. The smallest absolute Gasteiger partial charge is 0.241 e. The first-order valence-electron chi connectivity index (χ1n) is 7.85. The summed E-state index contributed by atoms with van der Waals surface area (Å²) in [4.78, 5) is 0.448. The fraction of sp³-hybridized carbons (Fsp3) is 0.625. The molecule has 4 nitrogen and oxygen atoms in total. The second kappa shape index (κ2) is 7.38. The third kappa shape index (κ3) is 4.28. The van der Waals surface area contributed by atoms with Gasteiger partial charge in [0.15, 0.2) is 0 Å². The van der Waals surface area contributed by atoms with Crippen molar-refractivity contribution in [3.8, 4) is 0 Å². The summed E-state index contributed by atoms with van der Waals surface area (Å²) < 4.78 is 28.3. The van der Waals surface area contributed by atoms with Crippen LogP contribution in [0.3, 0.4) is 0 Å². The number of sulfonamides is 1. The first-order chi connectivity index (χ1) is 10.1. The van der Waals surface area contributed by atoms with E-state index in [4.69, 9.17) is 0 Å². The maximum Gasteiger partial charge on any atom is 0.241 e. The van der Waals surface area contributed by atoms with E-state index in [2.05, 4.69) is 10.0 Å². The highest BCUT2D eigenvalue weighted by molar-refractivity contribution is 7.89. The zero-order valence-electron chi connectivity index (χ0n) is 13.0. The molecule has 2 rings (SSSR count). The molecule has 5 heteroatoms. The molecule has 1 aliphatic rings. The Morgan fingerprint density at radius 2 is 1.90 bits per heavy atom. The summed E-state index contributed by atoms with van der Waals surface area (Å²) in [5.41, 5.74) is 1.89. The number of rotatable bonds is 6. The van der Waals surface area contributed by atoms with Gasteiger partial charge in [-0.05, 0) is 43.5 Å². The largest absolute Gasteiger partial charge is 0.316 e. The lowest BCUT2D eigenvalue weighted by atomic mass is 9.96. The molecule has 118 valence electrons. The molecule has 0 radical (unpaired) electrons. The summed E-state index contributed by atoms with van der Waals surface area (Å²) in [6.45, 7) is 2.67. The highest BCUT2D eigenvalue weighted by Crippen LogP contribution is 2.23. The molecule has 0 unspecified atom stereocenters. The van der Waals surface area contributed by atoms with Crippen molar-refractivity contribution in [1.29, 1.82) is 0 Å². The Balaban J connectivity index is 2.26. The van der Waals surface area contributed by atoms with Crippen molar-refractivity contribution in [1.82, 2.24) is 10.0 Å². The Kier molecular flexibility index (Phi) is 5.79. The van der Waals surface area contributed by atoms with Crippen molar-refractivity contribution < 1.29 is 8.42 Å². The Morgan fingerprint density at radius 1 is 1.19 bits per heavy atom. The molecule has 1 saturated carbocycles. The minimum atomic E-state index is -3.42. The van der Waals surface area contributed by atoms with Crippen LogP contribution in [0.4, 0.5) is 0 Å². The molecule has 1 aromatic rings. The fourth-order valence-electron chi connectivity index (χ4n) is 2.96. The minimum absolute atomic E-state index is 0.0985. The van der Waals surface area contributed by atoms with Crippen LogP contribution in [0.2, 0.25) is 0 Å². The minimum Gasteiger partial charge on any atom is -0.316 e. The van der Waals surface area contributed by atoms with Crippen molar-refractivity contribution in [2.24, 2.45) is 0 Å². The standard InChI is InChI=1S/C16H26N2O2S/c1-3-14-10-9-13(12-17-2)11-16(14)21(19,20)18-15-7-5-4-6-8-15/h9-11,15,17-18H,3-8,12H2,1-2H3. The zero-order valence-corrected chi connectivity index (χ0v) is 13.8. The van der Waals surface area contributed by atoms with Crippen LogP contribution in [0.25, 0.3) is 0 Å². The van der Waals surface area contributed by atoms with Crippen LogP contribution in [-0.2, 0) is 23.0 Å². The van der Waals surface area contributed by atoms with E-state index in [0.29, 0.717) is 11.4 Å². The molecular weight excluding hydrogens is 284 g/mol. The maximum atomic E-state index is 12.7. The third-order valence-electron chi connectivity index (χ3n) is 4.11. The summed E-state index contributed by atoms with van der Waals surface area (Å²) >= 11 is 0. The summed E-state index contributed by atoms with van der Waals surface area (Å²) in [7, 11) is -1.56. The molecular formula is C16H26N2O2S. The Labute approximate surface area is 128 Å². The van der Waals surface area contributed by atoms with Gasteiger partial charge in [0.2, 0.25) is 10.0 Å². The van der Waals surface area contributed by atoms with E-state index in [0.717, 1.165) is 43.2 Å². The van der Waals surface area contributed by atoms with Crippen molar-refractivity contribution in [3.05, 3.63) is 29.3 Å². The molecule has 0 spiro atoms. The Morgan fingerprint density at radius 3 is 2.52 bits per heavy atom. The number of hydrogen-bond donors (Lipinski definition) is 2. The van der Waals surface area contributed by atoms with Gasteiger partial charge in [0.05, 0.1) is 4.90 Å². The molecule has 0 aromatic heterocycles. The fourth-order valence-corrected chi connectivity index (χ4v) is 4.62. The summed E-state index contributed by atoms with van der Waals surface area (Å²) in [5.74, 6) is 0. The van der Waals surface area contributed by atoms with Gasteiger partial charge in [-0.3, -0.25) is 0 Å². The molecule has 21 heavy (non-hydrogen) atoms. The molecule has 2 N–H and O–H groups in total. The van der Waals surface area contributed by atoms with Crippen LogP contribution >= 0.6 is 0 Å². The van der Waals surface area contributed by atoms with Crippen LogP contribution in [0.5, 0.6) is 0 Å². The highest BCUT2D eigenvalue weighted by Gasteiger charge is 2.23. The quantitative estimate of drug-likeness (QED) is 0.849. The van der Waals surface area contributed by atoms with Crippen molar-refractivity contribution >= 4 is 10.0 Å². The number of benzene rings is 1. The lowest BCUT2D eigenvalue weighted by molar-refractivity contribution is 0.412. The van der Waals surface area contributed by atoms with Gasteiger partial charge < -0.3 is 5.32 Å². The predicted molar refractivity (Wildman–Crippen MR) is 85.8 cm³/mol. The van der Waals surface area contributed by atoms with Crippen LogP contribution in [0.15, 0.2) is 23.1 Å². The van der Waals surface area contributed by atoms with Gasteiger partial charge in [-0.2, -0.15) is 0 Å².